The highest BCUT2D eigenvalue weighted by atomic mass is 31.2. The molecule has 1 aromatic rings. The molecule has 3 rings (SSSR count). The van der Waals surface area contributed by atoms with E-state index >= 15 is 0 Å². The van der Waals surface area contributed by atoms with E-state index in [2.05, 4.69) is 73.0 Å². The molecule has 1 N–H and O–H groups in total. The Kier molecular flexibility index (Phi) is 6.76. The summed E-state index contributed by atoms with van der Waals surface area (Å²) < 4.78 is 4.66. The molecule has 1 aliphatic carbocycles. The molecule has 1 aliphatic heterocycles. The van der Waals surface area contributed by atoms with Crippen LogP contribution in [0.1, 0.15) is 71.4 Å². The lowest BCUT2D eigenvalue weighted by atomic mass is 9.89. The Hall–Kier alpha value is -0.770. The van der Waals surface area contributed by atoms with Gasteiger partial charge in [0, 0.05) is 12.1 Å². The van der Waals surface area contributed by atoms with Gasteiger partial charge >= 0.3 is 0 Å². The van der Waals surface area contributed by atoms with Crippen molar-refractivity contribution in [3.05, 3.63) is 48.6 Å². The summed E-state index contributed by atoms with van der Waals surface area (Å²) in [6.07, 6.45) is 7.47. The van der Waals surface area contributed by atoms with Crippen molar-refractivity contribution >= 4 is 7.94 Å². The first-order valence-corrected chi connectivity index (χ1v) is 12.1. The molecular formula is C22H36N3OP. The van der Waals surface area contributed by atoms with Crippen molar-refractivity contribution in [3.63, 3.8) is 0 Å². The highest BCUT2D eigenvalue weighted by Crippen LogP contribution is 2.66. The molecule has 3 atom stereocenters. The molecule has 2 fully saturated rings. The van der Waals surface area contributed by atoms with Crippen molar-refractivity contribution in [2.75, 3.05) is 0 Å². The lowest BCUT2D eigenvalue weighted by molar-refractivity contribution is -0.198. The summed E-state index contributed by atoms with van der Waals surface area (Å²) in [5.74, 6) is 0. The van der Waals surface area contributed by atoms with Crippen LogP contribution in [0.25, 0.3) is 0 Å². The number of hydrogen-bond acceptors (Lipinski definition) is 4. The molecule has 1 saturated heterocycles. The number of nitrogens with zero attached hydrogens (tertiary/aromatic N) is 2. The van der Waals surface area contributed by atoms with Gasteiger partial charge in [0.2, 0.25) is 0 Å². The summed E-state index contributed by atoms with van der Waals surface area (Å²) in [6, 6.07) is 11.7. The quantitative estimate of drug-likeness (QED) is 0.543. The molecule has 0 aromatic heterocycles. The summed E-state index contributed by atoms with van der Waals surface area (Å²) in [5.41, 5.74) is 1.18. The Morgan fingerprint density at radius 3 is 2.04 bits per heavy atom. The van der Waals surface area contributed by atoms with Gasteiger partial charge in [-0.1, -0.05) is 49.2 Å². The van der Waals surface area contributed by atoms with Gasteiger partial charge in [0.1, 0.15) is 0 Å². The average molecular weight is 390 g/mol. The van der Waals surface area contributed by atoms with Crippen LogP contribution >= 0.6 is 7.94 Å². The van der Waals surface area contributed by atoms with Gasteiger partial charge in [0.15, 0.2) is 7.94 Å². The molecule has 0 radical (unpaired) electrons. The SMILES string of the molecule is C=CC[C@@H](N[P+]1([O-])N(C(C)C)[C@@H]2CCCC[C@H]2N1C(C)C)c1ccccc1. The Bertz CT molecular complexity index is 597. The van der Waals surface area contributed by atoms with Gasteiger partial charge in [0.05, 0.1) is 18.1 Å². The molecule has 0 amide bonds. The molecule has 4 nitrogen and oxygen atoms in total. The van der Waals surface area contributed by atoms with Crippen LogP contribution in [0.5, 0.6) is 0 Å². The van der Waals surface area contributed by atoms with E-state index in [1.807, 2.05) is 12.1 Å². The first-order chi connectivity index (χ1) is 12.9. The van der Waals surface area contributed by atoms with E-state index in [0.29, 0.717) is 12.1 Å². The molecule has 150 valence electrons. The first-order valence-electron chi connectivity index (χ1n) is 10.5. The molecule has 1 saturated carbocycles. The fraction of sp³-hybridized carbons (Fsp3) is 0.636. The second kappa shape index (κ2) is 8.71. The Balaban J connectivity index is 2.00. The van der Waals surface area contributed by atoms with Crippen LogP contribution in [0.4, 0.5) is 0 Å². The van der Waals surface area contributed by atoms with E-state index in [1.54, 1.807) is 0 Å². The fourth-order valence-electron chi connectivity index (χ4n) is 5.07. The van der Waals surface area contributed by atoms with Gasteiger partial charge in [-0.25, -0.2) is 0 Å². The maximum atomic E-state index is 14.7. The van der Waals surface area contributed by atoms with Gasteiger partial charge < -0.3 is 4.89 Å². The van der Waals surface area contributed by atoms with Gasteiger partial charge in [-0.15, -0.1) is 15.9 Å². The average Bonchev–Trinajstić information content (AvgIpc) is 2.90. The standard InChI is InChI=1S/C22H36N3OP/c1-6-12-20(19-13-8-7-9-14-19)23-27(26)24(17(2)3)21-15-10-11-16-22(21)25(27)18(4)5/h6-9,13-14,17-18,20-22H,1,10-12,15-16H2,2-5H3,(H,23,26)/t20-,21-,22-/m1/s1. The minimum Gasteiger partial charge on any atom is -0.636 e. The monoisotopic (exact) mass is 389 g/mol. The molecule has 0 unspecified atom stereocenters. The lowest BCUT2D eigenvalue weighted by Crippen LogP contribution is -2.48. The first kappa shape index (κ1) is 21.0. The summed E-state index contributed by atoms with van der Waals surface area (Å²) in [4.78, 5) is 14.7. The lowest BCUT2D eigenvalue weighted by Gasteiger charge is -2.45. The number of benzene rings is 1. The van der Waals surface area contributed by atoms with Gasteiger partial charge in [-0.05, 0) is 52.5 Å². The highest BCUT2D eigenvalue weighted by Gasteiger charge is 2.61. The zero-order valence-corrected chi connectivity index (χ0v) is 18.2. The largest absolute Gasteiger partial charge is 0.636 e. The molecule has 0 bridgehead atoms. The molecular weight excluding hydrogens is 353 g/mol. The number of nitrogens with one attached hydrogen (secondary N) is 1. The van der Waals surface area contributed by atoms with Gasteiger partial charge in [0.25, 0.3) is 0 Å². The fourth-order valence-corrected chi connectivity index (χ4v) is 8.83. The summed E-state index contributed by atoms with van der Waals surface area (Å²) in [7, 11) is -2.89. The van der Waals surface area contributed by atoms with Crippen LogP contribution in [0.3, 0.4) is 0 Å². The van der Waals surface area contributed by atoms with Crippen LogP contribution in [0.15, 0.2) is 43.0 Å². The molecule has 1 aromatic carbocycles. The Labute approximate surface area is 166 Å². The van der Waals surface area contributed by atoms with Crippen LogP contribution in [-0.2, 0) is 0 Å². The van der Waals surface area contributed by atoms with Gasteiger partial charge in [-0.2, -0.15) is 5.09 Å². The zero-order valence-electron chi connectivity index (χ0n) is 17.3. The normalized spacial score (nSPS) is 27.1. The van der Waals surface area contributed by atoms with E-state index in [0.717, 1.165) is 19.3 Å². The second-order valence-electron chi connectivity index (χ2n) is 8.53. The van der Waals surface area contributed by atoms with Crippen molar-refractivity contribution < 1.29 is 4.89 Å². The third-order valence-corrected chi connectivity index (χ3v) is 9.40. The number of fused-ring (bicyclic) bond motifs is 1. The second-order valence-corrected chi connectivity index (χ2v) is 10.8. The molecule has 0 spiro atoms. The Morgan fingerprint density at radius 2 is 1.59 bits per heavy atom. The summed E-state index contributed by atoms with van der Waals surface area (Å²) in [5, 5.41) is 3.66. The van der Waals surface area contributed by atoms with Crippen LogP contribution in [0.2, 0.25) is 0 Å². The molecule has 2 aliphatic rings. The third-order valence-electron chi connectivity index (χ3n) is 5.99. The number of hydrogen-bond donors (Lipinski definition) is 1. The summed E-state index contributed by atoms with van der Waals surface area (Å²) in [6.45, 7) is 12.7. The minimum absolute atomic E-state index is 0.0113. The Morgan fingerprint density at radius 1 is 1.07 bits per heavy atom. The smallest absolute Gasteiger partial charge is 0.184 e. The van der Waals surface area contributed by atoms with E-state index in [1.165, 1.54) is 18.4 Å². The molecule has 27 heavy (non-hydrogen) atoms. The zero-order chi connectivity index (χ0) is 19.6. The van der Waals surface area contributed by atoms with E-state index < -0.39 is 7.94 Å². The predicted molar refractivity (Wildman–Crippen MR) is 114 cm³/mol. The number of rotatable bonds is 7. The van der Waals surface area contributed by atoms with Crippen molar-refractivity contribution in [3.8, 4) is 0 Å². The van der Waals surface area contributed by atoms with Crippen molar-refractivity contribution in [2.24, 2.45) is 0 Å². The van der Waals surface area contributed by atoms with Crippen LogP contribution in [-0.4, -0.2) is 33.5 Å². The van der Waals surface area contributed by atoms with Crippen molar-refractivity contribution in [1.82, 2.24) is 14.4 Å². The van der Waals surface area contributed by atoms with E-state index in [4.69, 9.17) is 0 Å². The van der Waals surface area contributed by atoms with Crippen LogP contribution in [0, 0.1) is 0 Å². The minimum atomic E-state index is -2.89. The molecule has 1 heterocycles. The maximum Gasteiger partial charge on any atom is 0.184 e. The maximum absolute atomic E-state index is 14.7. The highest BCUT2D eigenvalue weighted by molar-refractivity contribution is 7.62. The summed E-state index contributed by atoms with van der Waals surface area (Å²) >= 11 is 0. The van der Waals surface area contributed by atoms with E-state index in [-0.39, 0.29) is 18.1 Å². The van der Waals surface area contributed by atoms with Crippen molar-refractivity contribution in [1.29, 1.82) is 0 Å². The van der Waals surface area contributed by atoms with E-state index in [9.17, 15) is 4.89 Å². The topological polar surface area (TPSA) is 41.6 Å². The van der Waals surface area contributed by atoms with Crippen LogP contribution < -0.4 is 9.98 Å². The van der Waals surface area contributed by atoms with Crippen molar-refractivity contribution in [2.45, 2.75) is 90.0 Å². The third kappa shape index (κ3) is 4.02. The molecule has 5 heteroatoms. The predicted octanol–water partition coefficient (Wildman–Crippen LogP) is 4.68. The van der Waals surface area contributed by atoms with Gasteiger partial charge in [-0.3, -0.25) is 0 Å².